The minimum Gasteiger partial charge on any atom is -0.464 e. The number of halogens is 3. The fourth-order valence-electron chi connectivity index (χ4n) is 3.21. The van der Waals surface area contributed by atoms with Crippen molar-refractivity contribution in [2.24, 2.45) is 0 Å². The van der Waals surface area contributed by atoms with Gasteiger partial charge in [-0.15, -0.1) is 0 Å². The number of nitrogens with one attached hydrogen (secondary N) is 1. The summed E-state index contributed by atoms with van der Waals surface area (Å²) in [4.78, 5) is 24.6. The van der Waals surface area contributed by atoms with Crippen LogP contribution in [0.3, 0.4) is 0 Å². The third kappa shape index (κ3) is 2.20. The summed E-state index contributed by atoms with van der Waals surface area (Å²) in [6.45, 7) is 3.91. The van der Waals surface area contributed by atoms with Gasteiger partial charge in [0.05, 0.1) is 6.61 Å². The van der Waals surface area contributed by atoms with E-state index in [1.807, 2.05) is 0 Å². The monoisotopic (exact) mass is 345 g/mol. The third-order valence-corrected chi connectivity index (χ3v) is 4.40. The Morgan fingerprint density at radius 1 is 1.33 bits per heavy atom. The Labute approximate surface area is 136 Å². The molecule has 0 radical (unpaired) electrons. The standard InChI is InChI=1S/C16H18F3NO4/c1-4-14(15(23,16(17,18)19)13(22)24-5-2)10-8-9(3)6-7-11(10)20-12(14)21/h6-8,23H,4-5H2,1-3H3,(H,20,21)/t14-,15-/m1/s1. The number of fused-ring (bicyclic) bond motifs is 1. The summed E-state index contributed by atoms with van der Waals surface area (Å²) in [7, 11) is 0. The van der Waals surface area contributed by atoms with Crippen LogP contribution >= 0.6 is 0 Å². The van der Waals surface area contributed by atoms with Crippen LogP contribution in [0.25, 0.3) is 0 Å². The highest BCUT2D eigenvalue weighted by atomic mass is 19.4. The number of hydrogen-bond donors (Lipinski definition) is 2. The van der Waals surface area contributed by atoms with Crippen LogP contribution in [-0.4, -0.2) is 35.4 Å². The number of anilines is 1. The second kappa shape index (κ2) is 5.77. The van der Waals surface area contributed by atoms with E-state index in [1.54, 1.807) is 13.0 Å². The van der Waals surface area contributed by atoms with Gasteiger partial charge < -0.3 is 15.2 Å². The maximum Gasteiger partial charge on any atom is 0.429 e. The number of amides is 1. The molecule has 2 atom stereocenters. The van der Waals surface area contributed by atoms with Gasteiger partial charge in [-0.1, -0.05) is 24.6 Å². The Hall–Kier alpha value is -2.09. The van der Waals surface area contributed by atoms with Crippen LogP contribution in [-0.2, 0) is 19.7 Å². The lowest BCUT2D eigenvalue weighted by molar-refractivity contribution is -0.281. The van der Waals surface area contributed by atoms with Crippen LogP contribution in [0.15, 0.2) is 18.2 Å². The number of aryl methyl sites for hydroxylation is 1. The largest absolute Gasteiger partial charge is 0.464 e. The zero-order valence-electron chi connectivity index (χ0n) is 13.5. The minimum absolute atomic E-state index is 0.0668. The maximum absolute atomic E-state index is 13.8. The predicted octanol–water partition coefficient (Wildman–Crippen LogP) is 2.45. The normalized spacial score (nSPS) is 22.5. The summed E-state index contributed by atoms with van der Waals surface area (Å²) in [6, 6.07) is 4.43. The van der Waals surface area contributed by atoms with E-state index in [1.165, 1.54) is 26.0 Å². The van der Waals surface area contributed by atoms with Crippen molar-refractivity contribution in [1.82, 2.24) is 0 Å². The van der Waals surface area contributed by atoms with Gasteiger partial charge in [-0.3, -0.25) is 4.79 Å². The first-order chi connectivity index (χ1) is 11.1. The molecule has 1 aromatic carbocycles. The van der Waals surface area contributed by atoms with Crippen LogP contribution in [0, 0.1) is 6.92 Å². The smallest absolute Gasteiger partial charge is 0.429 e. The van der Waals surface area contributed by atoms with Crippen molar-refractivity contribution < 1.29 is 32.6 Å². The molecule has 0 fully saturated rings. The minimum atomic E-state index is -5.40. The van der Waals surface area contributed by atoms with E-state index in [9.17, 15) is 27.9 Å². The van der Waals surface area contributed by atoms with Gasteiger partial charge in [0.15, 0.2) is 0 Å². The molecular formula is C16H18F3NO4. The molecule has 2 N–H and O–H groups in total. The molecule has 0 aliphatic carbocycles. The number of hydrogen-bond acceptors (Lipinski definition) is 4. The molecule has 2 rings (SSSR count). The van der Waals surface area contributed by atoms with E-state index in [-0.39, 0.29) is 17.9 Å². The molecule has 1 aliphatic heterocycles. The molecule has 0 bridgehead atoms. The van der Waals surface area contributed by atoms with Crippen molar-refractivity contribution >= 4 is 17.6 Å². The van der Waals surface area contributed by atoms with Crippen molar-refractivity contribution in [2.45, 2.75) is 44.4 Å². The zero-order chi connectivity index (χ0) is 18.3. The number of aliphatic hydroxyl groups is 1. The molecule has 0 aromatic heterocycles. The zero-order valence-corrected chi connectivity index (χ0v) is 13.5. The van der Waals surface area contributed by atoms with Gasteiger partial charge in [0, 0.05) is 5.69 Å². The summed E-state index contributed by atoms with van der Waals surface area (Å²) in [6.07, 6.45) is -5.85. The molecular weight excluding hydrogens is 327 g/mol. The highest BCUT2D eigenvalue weighted by Crippen LogP contribution is 2.54. The van der Waals surface area contributed by atoms with Crippen molar-refractivity contribution in [1.29, 1.82) is 0 Å². The number of carbonyl (C=O) groups excluding carboxylic acids is 2. The molecule has 1 aliphatic rings. The quantitative estimate of drug-likeness (QED) is 0.822. The van der Waals surface area contributed by atoms with Crippen LogP contribution in [0.2, 0.25) is 0 Å². The lowest BCUT2D eigenvalue weighted by Crippen LogP contribution is -2.68. The van der Waals surface area contributed by atoms with E-state index in [2.05, 4.69) is 10.1 Å². The van der Waals surface area contributed by atoms with E-state index in [0.29, 0.717) is 5.56 Å². The Kier molecular flexibility index (Phi) is 4.39. The molecule has 8 heteroatoms. The van der Waals surface area contributed by atoms with E-state index >= 15 is 0 Å². The van der Waals surface area contributed by atoms with Crippen LogP contribution in [0.1, 0.15) is 31.4 Å². The highest BCUT2D eigenvalue weighted by Gasteiger charge is 2.76. The van der Waals surface area contributed by atoms with Gasteiger partial charge >= 0.3 is 12.1 Å². The third-order valence-electron chi connectivity index (χ3n) is 4.40. The van der Waals surface area contributed by atoms with E-state index in [4.69, 9.17) is 0 Å². The van der Waals surface area contributed by atoms with Gasteiger partial charge in [0.25, 0.3) is 5.60 Å². The Bertz CT molecular complexity index is 688. The van der Waals surface area contributed by atoms with Crippen LogP contribution in [0.4, 0.5) is 18.9 Å². The summed E-state index contributed by atoms with van der Waals surface area (Å²) >= 11 is 0. The maximum atomic E-state index is 13.8. The Morgan fingerprint density at radius 2 is 1.96 bits per heavy atom. The second-order valence-electron chi connectivity index (χ2n) is 5.69. The molecule has 0 saturated heterocycles. The topological polar surface area (TPSA) is 75.6 Å². The number of esters is 1. The lowest BCUT2D eigenvalue weighted by atomic mass is 9.65. The van der Waals surface area contributed by atoms with E-state index < -0.39 is 35.5 Å². The molecule has 0 saturated carbocycles. The summed E-state index contributed by atoms with van der Waals surface area (Å²) in [5.74, 6) is -2.97. The van der Waals surface area contributed by atoms with Crippen molar-refractivity contribution in [3.05, 3.63) is 29.3 Å². The molecule has 132 valence electrons. The van der Waals surface area contributed by atoms with Gasteiger partial charge in [-0.05, 0) is 31.9 Å². The first kappa shape index (κ1) is 18.3. The number of benzene rings is 1. The fourth-order valence-corrected chi connectivity index (χ4v) is 3.21. The second-order valence-corrected chi connectivity index (χ2v) is 5.69. The summed E-state index contributed by atoms with van der Waals surface area (Å²) in [5, 5.41) is 12.9. The number of carbonyl (C=O) groups is 2. The van der Waals surface area contributed by atoms with Gasteiger partial charge in [-0.2, -0.15) is 13.2 Å². The Morgan fingerprint density at radius 3 is 2.46 bits per heavy atom. The van der Waals surface area contributed by atoms with Crippen molar-refractivity contribution in [3.8, 4) is 0 Å². The average Bonchev–Trinajstić information content (AvgIpc) is 2.77. The first-order valence-electron chi connectivity index (χ1n) is 7.45. The highest BCUT2D eigenvalue weighted by molar-refractivity contribution is 6.11. The first-order valence-corrected chi connectivity index (χ1v) is 7.45. The van der Waals surface area contributed by atoms with Gasteiger partial charge in [0.1, 0.15) is 5.41 Å². The average molecular weight is 345 g/mol. The molecule has 24 heavy (non-hydrogen) atoms. The van der Waals surface area contributed by atoms with Crippen molar-refractivity contribution in [3.63, 3.8) is 0 Å². The Balaban J connectivity index is 2.82. The van der Waals surface area contributed by atoms with Gasteiger partial charge in [0.2, 0.25) is 5.91 Å². The van der Waals surface area contributed by atoms with Crippen LogP contribution < -0.4 is 5.32 Å². The summed E-state index contributed by atoms with van der Waals surface area (Å²) < 4.78 is 45.9. The fraction of sp³-hybridized carbons (Fsp3) is 0.500. The predicted molar refractivity (Wildman–Crippen MR) is 79.4 cm³/mol. The van der Waals surface area contributed by atoms with Gasteiger partial charge in [-0.25, -0.2) is 4.79 Å². The number of alkyl halides is 3. The molecule has 1 heterocycles. The van der Waals surface area contributed by atoms with Crippen molar-refractivity contribution in [2.75, 3.05) is 11.9 Å². The summed E-state index contributed by atoms with van der Waals surface area (Å²) in [5.41, 5.74) is -5.84. The molecule has 0 unspecified atom stereocenters. The van der Waals surface area contributed by atoms with Crippen LogP contribution in [0.5, 0.6) is 0 Å². The number of rotatable bonds is 4. The number of ether oxygens (including phenoxy) is 1. The molecule has 5 nitrogen and oxygen atoms in total. The molecule has 1 amide bonds. The SMILES string of the molecule is CCOC(=O)[C@](O)(C(F)(F)F)[C@@]1(CC)C(=O)Nc2ccc(C)cc21. The molecule has 0 spiro atoms. The molecule has 1 aromatic rings. The van der Waals surface area contributed by atoms with E-state index in [0.717, 1.165) is 0 Å². The lowest BCUT2D eigenvalue weighted by Gasteiger charge is -2.41.